The molecule has 0 saturated carbocycles. The summed E-state index contributed by atoms with van der Waals surface area (Å²) in [5, 5.41) is 8.75. The number of benzene rings is 3. The number of nitrogens with zero attached hydrogens (tertiary/aromatic N) is 3. The summed E-state index contributed by atoms with van der Waals surface area (Å²) in [4.78, 5) is 37.5. The number of carbonyl (C=O) groups excluding carboxylic acids is 1. The summed E-state index contributed by atoms with van der Waals surface area (Å²) in [7, 11) is 2.15. The van der Waals surface area contributed by atoms with Gasteiger partial charge in [0.05, 0.1) is 5.69 Å². The number of aromatic nitrogens is 2. The summed E-state index contributed by atoms with van der Waals surface area (Å²) in [5.41, 5.74) is 4.56. The number of amides is 1. The van der Waals surface area contributed by atoms with Gasteiger partial charge in [0.25, 0.3) is 11.5 Å². The molecule has 1 aliphatic rings. The Morgan fingerprint density at radius 2 is 1.64 bits per heavy atom. The Labute approximate surface area is 226 Å². The first kappa shape index (κ1) is 24.8. The minimum Gasteiger partial charge on any atom is -0.355 e. The van der Waals surface area contributed by atoms with E-state index in [0.29, 0.717) is 22.3 Å². The molecule has 0 bridgehead atoms. The van der Waals surface area contributed by atoms with Crippen LogP contribution in [0.4, 0.5) is 17.1 Å². The molecule has 3 N–H and O–H groups in total. The van der Waals surface area contributed by atoms with Gasteiger partial charge in [0.1, 0.15) is 5.65 Å². The zero-order valence-corrected chi connectivity index (χ0v) is 21.8. The van der Waals surface area contributed by atoms with Gasteiger partial charge in [0.2, 0.25) is 0 Å². The number of H-pyrrole nitrogens is 1. The molecule has 1 saturated heterocycles. The van der Waals surface area contributed by atoms with E-state index in [-0.39, 0.29) is 11.5 Å². The number of aromatic amines is 1. The summed E-state index contributed by atoms with van der Waals surface area (Å²) in [6, 6.07) is 24.8. The number of hydrogen-bond acceptors (Lipinski definition) is 6. The van der Waals surface area contributed by atoms with Gasteiger partial charge in [-0.3, -0.25) is 14.5 Å². The Morgan fingerprint density at radius 1 is 0.897 bits per heavy atom. The van der Waals surface area contributed by atoms with E-state index in [9.17, 15) is 9.59 Å². The molecule has 0 radical (unpaired) electrons. The first-order valence-corrected chi connectivity index (χ1v) is 13.1. The first-order valence-electron chi connectivity index (χ1n) is 13.1. The van der Waals surface area contributed by atoms with Gasteiger partial charge in [-0.1, -0.05) is 30.3 Å². The number of hydrogen-bond donors (Lipinski definition) is 3. The SMILES string of the molecule is CN1CCN(Cc2cccc(C(=O)Nc3ccc(Nc4ccnc5[nH]c(=O)c6ccccc6c45)cc3)c2)CC1. The molecule has 5 aromatic rings. The maximum atomic E-state index is 13.0. The van der Waals surface area contributed by atoms with Gasteiger partial charge in [-0.2, -0.15) is 0 Å². The van der Waals surface area contributed by atoms with Crippen molar-refractivity contribution in [2.45, 2.75) is 6.54 Å². The second-order valence-electron chi connectivity index (χ2n) is 10.0. The fourth-order valence-electron chi connectivity index (χ4n) is 5.08. The molecule has 3 heterocycles. The standard InChI is InChI=1S/C31H30N6O2/c1-36-15-17-37(18-16-36)20-21-5-4-6-22(19-21)30(38)34-24-11-9-23(10-12-24)33-27-13-14-32-29-28(27)25-7-2-3-8-26(25)31(39)35-29/h2-14,19H,15-18,20H2,1H3,(H,34,38)(H2,32,33,35,39). The average Bonchev–Trinajstić information content (AvgIpc) is 2.96. The molecule has 3 aromatic carbocycles. The van der Waals surface area contributed by atoms with Crippen LogP contribution in [-0.2, 0) is 6.54 Å². The van der Waals surface area contributed by atoms with E-state index >= 15 is 0 Å². The van der Waals surface area contributed by atoms with Crippen molar-refractivity contribution in [1.29, 1.82) is 0 Å². The van der Waals surface area contributed by atoms with E-state index in [1.165, 1.54) is 0 Å². The molecule has 0 aliphatic carbocycles. The third kappa shape index (κ3) is 5.38. The molecule has 1 amide bonds. The Hall–Kier alpha value is -4.53. The van der Waals surface area contributed by atoms with E-state index in [1.807, 2.05) is 72.8 Å². The number of anilines is 3. The summed E-state index contributed by atoms with van der Waals surface area (Å²) < 4.78 is 0. The largest absolute Gasteiger partial charge is 0.355 e. The number of rotatable bonds is 6. The molecule has 1 aliphatic heterocycles. The van der Waals surface area contributed by atoms with E-state index in [1.54, 1.807) is 6.20 Å². The second-order valence-corrected chi connectivity index (χ2v) is 10.0. The van der Waals surface area contributed by atoms with Crippen molar-refractivity contribution in [3.8, 4) is 0 Å². The molecule has 0 atom stereocenters. The maximum absolute atomic E-state index is 13.0. The van der Waals surface area contributed by atoms with Crippen LogP contribution in [0.5, 0.6) is 0 Å². The van der Waals surface area contributed by atoms with Crippen LogP contribution in [0.1, 0.15) is 15.9 Å². The van der Waals surface area contributed by atoms with Gasteiger partial charge in [-0.25, -0.2) is 4.98 Å². The van der Waals surface area contributed by atoms with E-state index in [4.69, 9.17) is 0 Å². The lowest BCUT2D eigenvalue weighted by Gasteiger charge is -2.32. The van der Waals surface area contributed by atoms with Crippen molar-refractivity contribution in [1.82, 2.24) is 19.8 Å². The maximum Gasteiger partial charge on any atom is 0.257 e. The van der Waals surface area contributed by atoms with Crippen LogP contribution >= 0.6 is 0 Å². The van der Waals surface area contributed by atoms with Gasteiger partial charge in [-0.15, -0.1) is 0 Å². The van der Waals surface area contributed by atoms with Gasteiger partial charge >= 0.3 is 0 Å². The van der Waals surface area contributed by atoms with Crippen molar-refractivity contribution in [2.75, 3.05) is 43.9 Å². The number of likely N-dealkylation sites (N-methyl/N-ethyl adjacent to an activating group) is 1. The van der Waals surface area contributed by atoms with Crippen LogP contribution in [0, 0.1) is 0 Å². The highest BCUT2D eigenvalue weighted by Gasteiger charge is 2.15. The van der Waals surface area contributed by atoms with Crippen LogP contribution in [-0.4, -0.2) is 58.9 Å². The lowest BCUT2D eigenvalue weighted by molar-refractivity contribution is 0.102. The molecule has 8 heteroatoms. The van der Waals surface area contributed by atoms with Gasteiger partial charge in [0, 0.05) is 72.0 Å². The zero-order valence-electron chi connectivity index (χ0n) is 21.8. The topological polar surface area (TPSA) is 93.4 Å². The normalized spacial score (nSPS) is 14.5. The van der Waals surface area contributed by atoms with E-state index < -0.39 is 0 Å². The quantitative estimate of drug-likeness (QED) is 0.279. The monoisotopic (exact) mass is 518 g/mol. The molecule has 1 fully saturated rings. The van der Waals surface area contributed by atoms with Crippen molar-refractivity contribution < 1.29 is 4.79 Å². The van der Waals surface area contributed by atoms with Crippen LogP contribution < -0.4 is 16.2 Å². The van der Waals surface area contributed by atoms with Crippen LogP contribution in [0.2, 0.25) is 0 Å². The molecule has 6 rings (SSSR count). The van der Waals surface area contributed by atoms with Crippen LogP contribution in [0.25, 0.3) is 21.8 Å². The van der Waals surface area contributed by atoms with Gasteiger partial charge in [-0.05, 0) is 61.1 Å². The number of piperazine rings is 1. The molecule has 0 spiro atoms. The Bertz CT molecular complexity index is 1700. The molecule has 196 valence electrons. The molecule has 0 unspecified atom stereocenters. The molecule has 2 aromatic heterocycles. The predicted molar refractivity (Wildman–Crippen MR) is 157 cm³/mol. The van der Waals surface area contributed by atoms with Crippen molar-refractivity contribution in [3.63, 3.8) is 0 Å². The van der Waals surface area contributed by atoms with Crippen LogP contribution in [0.15, 0.2) is 89.9 Å². The minimum absolute atomic E-state index is 0.133. The number of carbonyl (C=O) groups is 1. The highest BCUT2D eigenvalue weighted by Crippen LogP contribution is 2.30. The summed E-state index contributed by atoms with van der Waals surface area (Å²) in [6.45, 7) is 5.06. The van der Waals surface area contributed by atoms with Crippen molar-refractivity contribution in [2.24, 2.45) is 0 Å². The van der Waals surface area contributed by atoms with Gasteiger partial charge < -0.3 is 20.5 Å². The van der Waals surface area contributed by atoms with Crippen molar-refractivity contribution in [3.05, 3.63) is 107 Å². The lowest BCUT2D eigenvalue weighted by Crippen LogP contribution is -2.43. The summed E-state index contributed by atoms with van der Waals surface area (Å²) in [6.07, 6.45) is 1.67. The summed E-state index contributed by atoms with van der Waals surface area (Å²) >= 11 is 0. The molecule has 39 heavy (non-hydrogen) atoms. The fourth-order valence-corrected chi connectivity index (χ4v) is 5.08. The fraction of sp³-hybridized carbons (Fsp3) is 0.194. The zero-order chi connectivity index (χ0) is 26.8. The molecule has 8 nitrogen and oxygen atoms in total. The van der Waals surface area contributed by atoms with E-state index in [0.717, 1.165) is 60.4 Å². The summed E-state index contributed by atoms with van der Waals surface area (Å²) in [5.74, 6) is -0.133. The minimum atomic E-state index is -0.160. The Kier molecular flexibility index (Phi) is 6.79. The lowest BCUT2D eigenvalue weighted by atomic mass is 10.1. The number of pyridine rings is 2. The Balaban J connectivity index is 1.16. The second kappa shape index (κ2) is 10.7. The third-order valence-electron chi connectivity index (χ3n) is 7.24. The molecular weight excluding hydrogens is 488 g/mol. The van der Waals surface area contributed by atoms with E-state index in [2.05, 4.69) is 43.5 Å². The Morgan fingerprint density at radius 3 is 2.44 bits per heavy atom. The highest BCUT2D eigenvalue weighted by atomic mass is 16.1. The highest BCUT2D eigenvalue weighted by molar-refractivity contribution is 6.11. The smallest absolute Gasteiger partial charge is 0.257 e. The number of fused-ring (bicyclic) bond motifs is 3. The van der Waals surface area contributed by atoms with Crippen molar-refractivity contribution >= 4 is 44.8 Å². The van der Waals surface area contributed by atoms with Crippen LogP contribution in [0.3, 0.4) is 0 Å². The third-order valence-corrected chi connectivity index (χ3v) is 7.24. The van der Waals surface area contributed by atoms with Gasteiger partial charge in [0.15, 0.2) is 0 Å². The molecular formula is C31H30N6O2. The first-order chi connectivity index (χ1) is 19.0. The number of nitrogens with one attached hydrogen (secondary N) is 3. The average molecular weight is 519 g/mol. The predicted octanol–water partition coefficient (Wildman–Crippen LogP) is 4.82.